The van der Waals surface area contributed by atoms with Crippen LogP contribution in [0.2, 0.25) is 0 Å². The van der Waals surface area contributed by atoms with Crippen molar-refractivity contribution in [3.8, 4) is 5.69 Å². The van der Waals surface area contributed by atoms with Crippen LogP contribution in [0.25, 0.3) is 5.69 Å². The maximum absolute atomic E-state index is 12.2. The third-order valence-corrected chi connectivity index (χ3v) is 6.30. The molecule has 1 heterocycles. The number of aromatic carboxylic acids is 1. The standard InChI is InChI=1S/C27H42N2O3/c1-9-11-23-24(25(30)31)22(18-19(2)12-10-17-27(6,7)32-8)28-29(23)21-15-13-20(14-16-21)26(3,4)5/h13-16,19H,9-12,17-18H2,1-8H3,(H,30,31). The van der Waals surface area contributed by atoms with Gasteiger partial charge in [-0.15, -0.1) is 0 Å². The number of methoxy groups -OCH3 is 1. The monoisotopic (exact) mass is 442 g/mol. The number of benzene rings is 1. The summed E-state index contributed by atoms with van der Waals surface area (Å²) in [6.45, 7) is 15.0. The van der Waals surface area contributed by atoms with E-state index in [4.69, 9.17) is 9.84 Å². The number of ether oxygens (including phenoxy) is 1. The normalized spacial score (nSPS) is 13.4. The lowest BCUT2D eigenvalue weighted by atomic mass is 9.87. The SMILES string of the molecule is CCCc1c(C(=O)O)c(CC(C)CCCC(C)(C)OC)nn1-c1ccc(C(C)(C)C)cc1. The van der Waals surface area contributed by atoms with Gasteiger partial charge < -0.3 is 9.84 Å². The first kappa shape index (κ1) is 26.1. The molecule has 0 saturated heterocycles. The van der Waals surface area contributed by atoms with Gasteiger partial charge in [0.25, 0.3) is 0 Å². The van der Waals surface area contributed by atoms with Crippen LogP contribution >= 0.6 is 0 Å². The van der Waals surface area contributed by atoms with E-state index in [1.54, 1.807) is 7.11 Å². The van der Waals surface area contributed by atoms with E-state index in [9.17, 15) is 9.90 Å². The second kappa shape index (κ2) is 10.7. The molecule has 0 bridgehead atoms. The van der Waals surface area contributed by atoms with E-state index in [0.717, 1.165) is 37.1 Å². The number of rotatable bonds is 11. The third kappa shape index (κ3) is 6.68. The average molecular weight is 443 g/mol. The smallest absolute Gasteiger partial charge is 0.339 e. The second-order valence-electron chi connectivity index (χ2n) is 10.7. The van der Waals surface area contributed by atoms with E-state index in [0.29, 0.717) is 30.0 Å². The van der Waals surface area contributed by atoms with Crippen molar-refractivity contribution >= 4 is 5.97 Å². The molecule has 32 heavy (non-hydrogen) atoms. The van der Waals surface area contributed by atoms with Crippen molar-refractivity contribution in [2.45, 2.75) is 98.0 Å². The van der Waals surface area contributed by atoms with Gasteiger partial charge in [-0.25, -0.2) is 9.48 Å². The van der Waals surface area contributed by atoms with Gasteiger partial charge >= 0.3 is 5.97 Å². The van der Waals surface area contributed by atoms with Crippen LogP contribution in [0.5, 0.6) is 0 Å². The van der Waals surface area contributed by atoms with Crippen LogP contribution < -0.4 is 0 Å². The first-order chi connectivity index (χ1) is 14.9. The Hall–Kier alpha value is -2.14. The molecule has 0 aliphatic rings. The van der Waals surface area contributed by atoms with Crippen LogP contribution in [0, 0.1) is 5.92 Å². The molecule has 1 atom stereocenters. The number of hydrogen-bond donors (Lipinski definition) is 1. The van der Waals surface area contributed by atoms with Crippen molar-refractivity contribution in [2.24, 2.45) is 5.92 Å². The Bertz CT molecular complexity index is 889. The molecule has 178 valence electrons. The minimum absolute atomic E-state index is 0.0685. The van der Waals surface area contributed by atoms with Gasteiger partial charge in [-0.3, -0.25) is 0 Å². The Morgan fingerprint density at radius 2 is 1.78 bits per heavy atom. The van der Waals surface area contributed by atoms with Crippen molar-refractivity contribution < 1.29 is 14.6 Å². The van der Waals surface area contributed by atoms with Crippen LogP contribution in [0.15, 0.2) is 24.3 Å². The summed E-state index contributed by atoms with van der Waals surface area (Å²) in [5.41, 5.74) is 3.99. The highest BCUT2D eigenvalue weighted by Crippen LogP contribution is 2.28. The molecule has 1 aromatic heterocycles. The largest absolute Gasteiger partial charge is 0.478 e. The topological polar surface area (TPSA) is 64.3 Å². The molecular weight excluding hydrogens is 400 g/mol. The summed E-state index contributed by atoms with van der Waals surface area (Å²) in [5.74, 6) is -0.532. The molecule has 1 unspecified atom stereocenters. The number of carboxylic acid groups (broad SMARTS) is 1. The summed E-state index contributed by atoms with van der Waals surface area (Å²) in [6.07, 6.45) is 5.26. The van der Waals surface area contributed by atoms with Crippen LogP contribution in [0.1, 0.15) is 101 Å². The van der Waals surface area contributed by atoms with Gasteiger partial charge in [0.2, 0.25) is 0 Å². The van der Waals surface area contributed by atoms with E-state index >= 15 is 0 Å². The molecule has 0 aliphatic carbocycles. The van der Waals surface area contributed by atoms with Crippen molar-refractivity contribution in [3.63, 3.8) is 0 Å². The van der Waals surface area contributed by atoms with E-state index in [2.05, 4.69) is 72.7 Å². The Labute approximate surface area is 194 Å². The fraction of sp³-hybridized carbons (Fsp3) is 0.630. The van der Waals surface area contributed by atoms with Crippen LogP contribution in [-0.2, 0) is 23.0 Å². The van der Waals surface area contributed by atoms with Crippen LogP contribution in [0.4, 0.5) is 0 Å². The molecule has 0 saturated carbocycles. The maximum Gasteiger partial charge on any atom is 0.339 e. The lowest BCUT2D eigenvalue weighted by molar-refractivity contribution is 0.0127. The van der Waals surface area contributed by atoms with Gasteiger partial charge in [-0.2, -0.15) is 5.10 Å². The second-order valence-corrected chi connectivity index (χ2v) is 10.7. The van der Waals surface area contributed by atoms with Gasteiger partial charge in [-0.05, 0) is 62.1 Å². The number of aromatic nitrogens is 2. The van der Waals surface area contributed by atoms with E-state index in [1.807, 2.05) is 4.68 Å². The lowest BCUT2D eigenvalue weighted by Crippen LogP contribution is -2.22. The van der Waals surface area contributed by atoms with Crippen LogP contribution in [0.3, 0.4) is 0 Å². The summed E-state index contributed by atoms with van der Waals surface area (Å²) in [7, 11) is 1.75. The number of carboxylic acids is 1. The number of nitrogens with zero attached hydrogens (tertiary/aromatic N) is 2. The quantitative estimate of drug-likeness (QED) is 0.426. The number of hydrogen-bond acceptors (Lipinski definition) is 3. The molecule has 0 fully saturated rings. The highest BCUT2D eigenvalue weighted by atomic mass is 16.5. The predicted molar refractivity (Wildman–Crippen MR) is 131 cm³/mol. The van der Waals surface area contributed by atoms with Crippen molar-refractivity contribution in [1.82, 2.24) is 9.78 Å². The van der Waals surface area contributed by atoms with Crippen molar-refractivity contribution in [2.75, 3.05) is 7.11 Å². The van der Waals surface area contributed by atoms with E-state index in [-0.39, 0.29) is 11.0 Å². The fourth-order valence-electron chi connectivity index (χ4n) is 4.09. The molecule has 0 radical (unpaired) electrons. The zero-order chi connectivity index (χ0) is 24.1. The van der Waals surface area contributed by atoms with Gasteiger partial charge in [0.1, 0.15) is 5.56 Å². The molecule has 1 N–H and O–H groups in total. The highest BCUT2D eigenvalue weighted by molar-refractivity contribution is 5.90. The summed E-state index contributed by atoms with van der Waals surface area (Å²) >= 11 is 0. The first-order valence-electron chi connectivity index (χ1n) is 11.9. The molecule has 0 aliphatic heterocycles. The molecular formula is C27H42N2O3. The summed E-state index contributed by atoms with van der Waals surface area (Å²) in [5, 5.41) is 14.9. The molecule has 1 aromatic carbocycles. The summed E-state index contributed by atoms with van der Waals surface area (Å²) in [6, 6.07) is 8.34. The van der Waals surface area contributed by atoms with Crippen LogP contribution in [-0.4, -0.2) is 33.6 Å². The van der Waals surface area contributed by atoms with Gasteiger partial charge in [0.05, 0.1) is 22.7 Å². The Morgan fingerprint density at radius 3 is 2.28 bits per heavy atom. The highest BCUT2D eigenvalue weighted by Gasteiger charge is 2.25. The molecule has 2 aromatic rings. The lowest BCUT2D eigenvalue weighted by Gasteiger charge is -2.23. The first-order valence-corrected chi connectivity index (χ1v) is 11.9. The molecule has 0 amide bonds. The Balaban J connectivity index is 2.33. The molecule has 2 rings (SSSR count). The number of carbonyl (C=O) groups is 1. The van der Waals surface area contributed by atoms with E-state index < -0.39 is 5.97 Å². The maximum atomic E-state index is 12.2. The summed E-state index contributed by atoms with van der Waals surface area (Å²) in [4.78, 5) is 12.2. The average Bonchev–Trinajstić information content (AvgIpc) is 3.05. The van der Waals surface area contributed by atoms with Crippen molar-refractivity contribution in [3.05, 3.63) is 46.8 Å². The molecule has 0 spiro atoms. The Kier molecular flexibility index (Phi) is 8.69. The predicted octanol–water partition coefficient (Wildman–Crippen LogP) is 6.59. The molecule has 5 nitrogen and oxygen atoms in total. The minimum atomic E-state index is -0.881. The zero-order valence-corrected chi connectivity index (χ0v) is 21.3. The molecule has 5 heteroatoms. The summed E-state index contributed by atoms with van der Waals surface area (Å²) < 4.78 is 7.38. The van der Waals surface area contributed by atoms with E-state index in [1.165, 1.54) is 5.56 Å². The van der Waals surface area contributed by atoms with Crippen molar-refractivity contribution in [1.29, 1.82) is 0 Å². The Morgan fingerprint density at radius 1 is 1.16 bits per heavy atom. The van der Waals surface area contributed by atoms with Gasteiger partial charge in [0, 0.05) is 7.11 Å². The van der Waals surface area contributed by atoms with Gasteiger partial charge in [0.15, 0.2) is 0 Å². The van der Waals surface area contributed by atoms with Gasteiger partial charge in [-0.1, -0.05) is 66.0 Å². The minimum Gasteiger partial charge on any atom is -0.478 e. The third-order valence-electron chi connectivity index (χ3n) is 6.30. The zero-order valence-electron chi connectivity index (χ0n) is 21.3. The fourth-order valence-corrected chi connectivity index (χ4v) is 4.09.